The maximum absolute atomic E-state index is 6.03. The van der Waals surface area contributed by atoms with Gasteiger partial charge in [-0.2, -0.15) is 0 Å². The van der Waals surface area contributed by atoms with Crippen molar-refractivity contribution >= 4 is 27.8 Å². The minimum absolute atomic E-state index is 0.483. The van der Waals surface area contributed by atoms with Crippen LogP contribution in [0, 0.1) is 0 Å². The molecule has 0 saturated carbocycles. The van der Waals surface area contributed by atoms with Gasteiger partial charge < -0.3 is 11.1 Å². The Morgan fingerprint density at radius 1 is 1.15 bits per heavy atom. The molecule has 0 spiro atoms. The Bertz CT molecular complexity index is 782. The van der Waals surface area contributed by atoms with Crippen LogP contribution in [0.1, 0.15) is 18.3 Å². The first-order valence-corrected chi connectivity index (χ1v) is 6.71. The zero-order valence-corrected chi connectivity index (χ0v) is 11.6. The number of nitrogens with zero attached hydrogens (tertiary/aromatic N) is 3. The number of hydrogen-bond donors (Lipinski definition) is 2. The molecule has 3 rings (SSSR count). The molecule has 0 amide bonds. The third kappa shape index (κ3) is 2.16. The Labute approximate surface area is 117 Å². The standard InChI is InChI=1S/C15H17N5/c1-3-9-4-5-12-10(6-9)7-11-14(16)19-13(8-17-2)20-15(11)18-12/h4-7,17H,3,8H2,1-2H3,(H2,16,18,19,20). The number of hydrogen-bond acceptors (Lipinski definition) is 5. The predicted octanol–water partition coefficient (Wildman–Crippen LogP) is 2.04. The lowest BCUT2D eigenvalue weighted by molar-refractivity contribution is 0.765. The second kappa shape index (κ2) is 5.02. The van der Waals surface area contributed by atoms with Gasteiger partial charge in [0, 0.05) is 5.39 Å². The van der Waals surface area contributed by atoms with E-state index in [9.17, 15) is 0 Å². The monoisotopic (exact) mass is 267 g/mol. The Hall–Kier alpha value is -2.27. The summed E-state index contributed by atoms with van der Waals surface area (Å²) in [5.74, 6) is 1.14. The molecule has 102 valence electrons. The molecule has 0 atom stereocenters. The fraction of sp³-hybridized carbons (Fsp3) is 0.267. The third-order valence-electron chi connectivity index (χ3n) is 3.36. The Morgan fingerprint density at radius 2 is 2.00 bits per heavy atom. The highest BCUT2D eigenvalue weighted by Gasteiger charge is 2.08. The highest BCUT2D eigenvalue weighted by atomic mass is 15.0. The van der Waals surface area contributed by atoms with Gasteiger partial charge in [0.25, 0.3) is 0 Å². The summed E-state index contributed by atoms with van der Waals surface area (Å²) in [6.45, 7) is 2.71. The predicted molar refractivity (Wildman–Crippen MR) is 81.4 cm³/mol. The molecule has 0 aliphatic heterocycles. The molecule has 0 saturated heterocycles. The van der Waals surface area contributed by atoms with Gasteiger partial charge in [-0.05, 0) is 37.2 Å². The van der Waals surface area contributed by atoms with E-state index in [4.69, 9.17) is 5.73 Å². The van der Waals surface area contributed by atoms with E-state index in [1.165, 1.54) is 5.56 Å². The summed E-state index contributed by atoms with van der Waals surface area (Å²) < 4.78 is 0. The van der Waals surface area contributed by atoms with Crippen molar-refractivity contribution in [3.8, 4) is 0 Å². The number of aromatic nitrogens is 3. The smallest absolute Gasteiger partial charge is 0.165 e. The average Bonchev–Trinajstić information content (AvgIpc) is 2.45. The minimum atomic E-state index is 0.483. The molecule has 0 radical (unpaired) electrons. The van der Waals surface area contributed by atoms with Crippen LogP contribution in [-0.4, -0.2) is 22.0 Å². The molecule has 5 nitrogen and oxygen atoms in total. The Morgan fingerprint density at radius 3 is 2.75 bits per heavy atom. The van der Waals surface area contributed by atoms with Crippen molar-refractivity contribution in [2.45, 2.75) is 19.9 Å². The zero-order valence-electron chi connectivity index (χ0n) is 11.6. The molecule has 1 aromatic carbocycles. The van der Waals surface area contributed by atoms with E-state index in [0.717, 1.165) is 22.7 Å². The van der Waals surface area contributed by atoms with Crippen LogP contribution in [0.25, 0.3) is 21.9 Å². The van der Waals surface area contributed by atoms with E-state index in [1.807, 2.05) is 19.2 Å². The van der Waals surface area contributed by atoms with Crippen LogP contribution in [-0.2, 0) is 13.0 Å². The van der Waals surface area contributed by atoms with Gasteiger partial charge in [-0.15, -0.1) is 0 Å². The van der Waals surface area contributed by atoms with E-state index in [0.29, 0.717) is 23.8 Å². The highest BCUT2D eigenvalue weighted by Crippen LogP contribution is 2.23. The van der Waals surface area contributed by atoms with Crippen LogP contribution >= 0.6 is 0 Å². The lowest BCUT2D eigenvalue weighted by Crippen LogP contribution is -2.11. The van der Waals surface area contributed by atoms with Gasteiger partial charge in [0.2, 0.25) is 0 Å². The molecule has 3 N–H and O–H groups in total. The first-order chi connectivity index (χ1) is 9.71. The van der Waals surface area contributed by atoms with Crippen LogP contribution in [0.3, 0.4) is 0 Å². The molecule has 2 heterocycles. The van der Waals surface area contributed by atoms with Gasteiger partial charge in [0.15, 0.2) is 5.65 Å². The van der Waals surface area contributed by atoms with E-state index in [-0.39, 0.29) is 0 Å². The lowest BCUT2D eigenvalue weighted by atomic mass is 10.1. The van der Waals surface area contributed by atoms with Gasteiger partial charge in [-0.1, -0.05) is 13.0 Å². The molecular weight excluding hydrogens is 250 g/mol. The van der Waals surface area contributed by atoms with Crippen LogP contribution in [0.5, 0.6) is 0 Å². The van der Waals surface area contributed by atoms with Crippen molar-refractivity contribution in [3.05, 3.63) is 35.7 Å². The highest BCUT2D eigenvalue weighted by molar-refractivity contribution is 5.95. The van der Waals surface area contributed by atoms with E-state index in [2.05, 4.69) is 39.3 Å². The number of nitrogen functional groups attached to an aromatic ring is 1. The average molecular weight is 267 g/mol. The fourth-order valence-electron chi connectivity index (χ4n) is 2.29. The van der Waals surface area contributed by atoms with Crippen molar-refractivity contribution in [2.24, 2.45) is 0 Å². The molecule has 2 aromatic heterocycles. The number of benzene rings is 1. The zero-order chi connectivity index (χ0) is 14.1. The second-order valence-electron chi connectivity index (χ2n) is 4.80. The van der Waals surface area contributed by atoms with E-state index in [1.54, 1.807) is 0 Å². The molecule has 0 bridgehead atoms. The van der Waals surface area contributed by atoms with Crippen LogP contribution in [0.15, 0.2) is 24.3 Å². The SMILES string of the molecule is CCc1ccc2nc3nc(CNC)nc(N)c3cc2c1. The van der Waals surface area contributed by atoms with Gasteiger partial charge in [-0.3, -0.25) is 0 Å². The molecule has 0 unspecified atom stereocenters. The number of fused-ring (bicyclic) bond motifs is 2. The van der Waals surface area contributed by atoms with Gasteiger partial charge in [-0.25, -0.2) is 15.0 Å². The third-order valence-corrected chi connectivity index (χ3v) is 3.36. The molecule has 0 aliphatic carbocycles. The summed E-state index contributed by atoms with van der Waals surface area (Å²) in [5.41, 5.74) is 8.90. The Balaban J connectivity index is 2.26. The Kier molecular flexibility index (Phi) is 3.20. The van der Waals surface area contributed by atoms with Crippen molar-refractivity contribution in [2.75, 3.05) is 12.8 Å². The number of nitrogens with two attached hydrogens (primary N) is 1. The molecule has 3 aromatic rings. The van der Waals surface area contributed by atoms with Crippen molar-refractivity contribution in [3.63, 3.8) is 0 Å². The first-order valence-electron chi connectivity index (χ1n) is 6.71. The number of anilines is 1. The molecule has 0 fully saturated rings. The number of pyridine rings is 1. The van der Waals surface area contributed by atoms with Gasteiger partial charge in [0.1, 0.15) is 11.6 Å². The van der Waals surface area contributed by atoms with Gasteiger partial charge in [0.05, 0.1) is 17.4 Å². The van der Waals surface area contributed by atoms with Crippen molar-refractivity contribution in [1.82, 2.24) is 20.3 Å². The normalized spacial score (nSPS) is 11.3. The maximum Gasteiger partial charge on any atom is 0.165 e. The minimum Gasteiger partial charge on any atom is -0.383 e. The number of nitrogens with one attached hydrogen (secondary N) is 1. The van der Waals surface area contributed by atoms with E-state index >= 15 is 0 Å². The largest absolute Gasteiger partial charge is 0.383 e. The van der Waals surface area contributed by atoms with Gasteiger partial charge >= 0.3 is 0 Å². The quantitative estimate of drug-likeness (QED) is 0.710. The molecule has 0 aliphatic rings. The summed E-state index contributed by atoms with van der Waals surface area (Å²) in [6, 6.07) is 8.29. The summed E-state index contributed by atoms with van der Waals surface area (Å²) in [7, 11) is 1.85. The summed E-state index contributed by atoms with van der Waals surface area (Å²) in [4.78, 5) is 13.4. The van der Waals surface area contributed by atoms with E-state index < -0.39 is 0 Å². The topological polar surface area (TPSA) is 76.7 Å². The molecule has 5 heteroatoms. The maximum atomic E-state index is 6.03. The summed E-state index contributed by atoms with van der Waals surface area (Å²) in [6.07, 6.45) is 1.00. The molecule has 20 heavy (non-hydrogen) atoms. The molecular formula is C15H17N5. The number of aryl methyl sites for hydroxylation is 1. The second-order valence-corrected chi connectivity index (χ2v) is 4.80. The summed E-state index contributed by atoms with van der Waals surface area (Å²) >= 11 is 0. The first kappa shape index (κ1) is 12.7. The fourth-order valence-corrected chi connectivity index (χ4v) is 2.29. The van der Waals surface area contributed by atoms with Crippen LogP contribution in [0.4, 0.5) is 5.82 Å². The number of rotatable bonds is 3. The van der Waals surface area contributed by atoms with Crippen molar-refractivity contribution in [1.29, 1.82) is 0 Å². The lowest BCUT2D eigenvalue weighted by Gasteiger charge is -2.07. The van der Waals surface area contributed by atoms with Crippen molar-refractivity contribution < 1.29 is 0 Å². The van der Waals surface area contributed by atoms with Crippen LogP contribution in [0.2, 0.25) is 0 Å². The van der Waals surface area contributed by atoms with Crippen LogP contribution < -0.4 is 11.1 Å². The summed E-state index contributed by atoms with van der Waals surface area (Å²) in [5, 5.41) is 4.91.